The molecule has 1 aromatic carbocycles. The van der Waals surface area contributed by atoms with Gasteiger partial charge in [-0.3, -0.25) is 9.59 Å². The highest BCUT2D eigenvalue weighted by Gasteiger charge is 2.25. The predicted octanol–water partition coefficient (Wildman–Crippen LogP) is 8.75. The number of hydrogen-bond donors (Lipinski definition) is 0. The van der Waals surface area contributed by atoms with E-state index in [1.807, 2.05) is 0 Å². The third-order valence-electron chi connectivity index (χ3n) is 3.62. The van der Waals surface area contributed by atoms with E-state index in [-0.39, 0.29) is 14.8 Å². The summed E-state index contributed by atoms with van der Waals surface area (Å²) < 4.78 is -0.151. The van der Waals surface area contributed by atoms with E-state index in [1.165, 1.54) is 23.5 Å². The molecule has 1 aromatic rings. The maximum absolute atomic E-state index is 11.8. The second kappa shape index (κ2) is 14.0. The van der Waals surface area contributed by atoms with Crippen LogP contribution in [0.15, 0.2) is 24.3 Å². The molecule has 166 valence electrons. The minimum Gasteiger partial charge on any atom is -0.282 e. The van der Waals surface area contributed by atoms with Gasteiger partial charge in [-0.2, -0.15) is 0 Å². The van der Waals surface area contributed by atoms with E-state index in [4.69, 9.17) is 46.4 Å². The number of halogens is 4. The molecule has 0 bridgehead atoms. The van der Waals surface area contributed by atoms with Gasteiger partial charge >= 0.3 is 0 Å². The van der Waals surface area contributed by atoms with Gasteiger partial charge in [0, 0.05) is 28.6 Å². The molecule has 1 rings (SSSR count). The third kappa shape index (κ3) is 8.51. The van der Waals surface area contributed by atoms with E-state index in [0.29, 0.717) is 65.4 Å². The van der Waals surface area contributed by atoms with Crippen LogP contribution in [0.3, 0.4) is 0 Å². The maximum atomic E-state index is 11.8. The summed E-state index contributed by atoms with van der Waals surface area (Å²) in [7, 11) is 0. The van der Waals surface area contributed by atoms with E-state index >= 15 is 0 Å². The molecule has 0 atom stereocenters. The summed E-state index contributed by atoms with van der Waals surface area (Å²) in [4.78, 5) is 23.5. The van der Waals surface area contributed by atoms with Crippen molar-refractivity contribution in [1.29, 1.82) is 0 Å². The van der Waals surface area contributed by atoms with E-state index in [0.717, 1.165) is 0 Å². The minimum absolute atomic E-state index is 0.0213. The monoisotopic (exact) mass is 562 g/mol. The highest BCUT2D eigenvalue weighted by atomic mass is 35.5. The number of carbonyl (C=O) groups is 2. The summed E-state index contributed by atoms with van der Waals surface area (Å²) >= 11 is 31.5. The molecule has 0 heterocycles. The smallest absolute Gasteiger partial charge is 0.214 e. The maximum Gasteiger partial charge on any atom is 0.214 e. The second-order valence-electron chi connectivity index (χ2n) is 6.20. The first kappa shape index (κ1) is 28.6. The molecule has 30 heavy (non-hydrogen) atoms. The SMILES string of the molecule is C=C(C)C(=O)SCCSC(SCCSC(=O)C(=C)C)c1c(Cl)c(Cl)c(C)c(Cl)c1Cl. The Labute approximate surface area is 215 Å². The molecule has 0 unspecified atom stereocenters. The van der Waals surface area contributed by atoms with Gasteiger partial charge in [-0.25, -0.2) is 0 Å². The Balaban J connectivity index is 2.95. The first-order chi connectivity index (χ1) is 14.0. The first-order valence-electron chi connectivity index (χ1n) is 8.69. The van der Waals surface area contributed by atoms with Crippen molar-refractivity contribution in [3.63, 3.8) is 0 Å². The summed E-state index contributed by atoms with van der Waals surface area (Å²) in [5, 5.41) is 1.48. The van der Waals surface area contributed by atoms with Crippen LogP contribution in [0.1, 0.15) is 29.6 Å². The van der Waals surface area contributed by atoms with Gasteiger partial charge < -0.3 is 0 Å². The average Bonchev–Trinajstić information content (AvgIpc) is 2.69. The summed E-state index contributed by atoms with van der Waals surface area (Å²) in [6.45, 7) is 12.5. The van der Waals surface area contributed by atoms with Crippen molar-refractivity contribution in [3.05, 3.63) is 55.5 Å². The molecule has 0 aliphatic heterocycles. The molecule has 0 saturated heterocycles. The van der Waals surface area contributed by atoms with Crippen LogP contribution in [0.5, 0.6) is 0 Å². The number of hydrogen-bond acceptors (Lipinski definition) is 6. The fourth-order valence-electron chi connectivity index (χ4n) is 2.01. The lowest BCUT2D eigenvalue weighted by Crippen LogP contribution is -2.02. The minimum atomic E-state index is -0.151. The molecule has 0 aromatic heterocycles. The van der Waals surface area contributed by atoms with E-state index < -0.39 is 0 Å². The van der Waals surface area contributed by atoms with Crippen LogP contribution in [0.2, 0.25) is 20.1 Å². The summed E-state index contributed by atoms with van der Waals surface area (Å²) in [5.74, 6) is 2.63. The zero-order valence-electron chi connectivity index (χ0n) is 16.8. The molecule has 0 aliphatic carbocycles. The Morgan fingerprint density at radius 2 is 1.13 bits per heavy atom. The quantitative estimate of drug-likeness (QED) is 0.116. The van der Waals surface area contributed by atoms with Gasteiger partial charge in [-0.15, -0.1) is 23.5 Å². The zero-order chi connectivity index (χ0) is 23.0. The van der Waals surface area contributed by atoms with Crippen molar-refractivity contribution in [2.24, 2.45) is 0 Å². The molecule has 0 fully saturated rings. The van der Waals surface area contributed by atoms with Gasteiger partial charge in [0.1, 0.15) is 0 Å². The molecule has 0 radical (unpaired) electrons. The van der Waals surface area contributed by atoms with Crippen LogP contribution in [-0.4, -0.2) is 33.2 Å². The Bertz CT molecular complexity index is 780. The standard InChI is InChI=1S/C20H22Cl4O2S4/c1-10(2)18(25)27-6-8-29-20(30-9-7-28-19(26)11(3)4)13-16(23)14(21)12(5)15(22)17(13)24/h20H,1,3,6-9H2,2,4-5H3. The van der Waals surface area contributed by atoms with Crippen LogP contribution in [0.25, 0.3) is 0 Å². The van der Waals surface area contributed by atoms with Crippen LogP contribution in [-0.2, 0) is 9.59 Å². The van der Waals surface area contributed by atoms with Gasteiger partial charge in [0.25, 0.3) is 0 Å². The third-order valence-corrected chi connectivity index (χ3v) is 10.9. The lowest BCUT2D eigenvalue weighted by atomic mass is 10.1. The molecule has 0 amide bonds. The average molecular weight is 564 g/mol. The van der Waals surface area contributed by atoms with E-state index in [9.17, 15) is 9.59 Å². The largest absolute Gasteiger partial charge is 0.282 e. The Kier molecular flexibility index (Phi) is 13.4. The summed E-state index contributed by atoms with van der Waals surface area (Å²) in [5.41, 5.74) is 2.36. The highest BCUT2D eigenvalue weighted by molar-refractivity contribution is 8.19. The molecular weight excluding hydrogens is 542 g/mol. The van der Waals surface area contributed by atoms with Crippen molar-refractivity contribution in [3.8, 4) is 0 Å². The highest BCUT2D eigenvalue weighted by Crippen LogP contribution is 2.51. The van der Waals surface area contributed by atoms with Gasteiger partial charge in [-0.1, -0.05) is 83.1 Å². The molecule has 0 N–H and O–H groups in total. The van der Waals surface area contributed by atoms with Crippen molar-refractivity contribution in [2.75, 3.05) is 23.0 Å². The summed E-state index contributed by atoms with van der Waals surface area (Å²) in [6.07, 6.45) is 0. The van der Waals surface area contributed by atoms with E-state index in [2.05, 4.69) is 13.2 Å². The van der Waals surface area contributed by atoms with Crippen molar-refractivity contribution < 1.29 is 9.59 Å². The van der Waals surface area contributed by atoms with Gasteiger partial charge in [-0.05, 0) is 37.5 Å². The molecule has 10 heteroatoms. The predicted molar refractivity (Wildman–Crippen MR) is 143 cm³/mol. The molecule has 2 nitrogen and oxygen atoms in total. The second-order valence-corrected chi connectivity index (χ2v) is 12.6. The van der Waals surface area contributed by atoms with Crippen LogP contribution in [0, 0.1) is 6.92 Å². The molecule has 0 saturated carbocycles. The molecule has 0 aliphatic rings. The number of carbonyl (C=O) groups excluding carboxylic acids is 2. The molecule has 0 spiro atoms. The Hall–Kier alpha value is 0.600. The van der Waals surface area contributed by atoms with Crippen LogP contribution < -0.4 is 0 Å². The number of rotatable bonds is 11. The van der Waals surface area contributed by atoms with Crippen molar-refractivity contribution in [2.45, 2.75) is 25.4 Å². The normalized spacial score (nSPS) is 11.1. The lowest BCUT2D eigenvalue weighted by Gasteiger charge is -2.22. The Morgan fingerprint density at radius 1 is 0.767 bits per heavy atom. The van der Waals surface area contributed by atoms with Crippen LogP contribution >= 0.6 is 93.5 Å². The Morgan fingerprint density at radius 3 is 1.47 bits per heavy atom. The van der Waals surface area contributed by atoms with Crippen molar-refractivity contribution >= 4 is 104 Å². The fraction of sp³-hybridized carbons (Fsp3) is 0.400. The topological polar surface area (TPSA) is 34.1 Å². The van der Waals surface area contributed by atoms with E-state index in [1.54, 1.807) is 44.3 Å². The van der Waals surface area contributed by atoms with Gasteiger partial charge in [0.15, 0.2) is 0 Å². The fourth-order valence-corrected chi connectivity index (χ4v) is 7.94. The van der Waals surface area contributed by atoms with Crippen LogP contribution in [0.4, 0.5) is 0 Å². The van der Waals surface area contributed by atoms with Gasteiger partial charge in [0.2, 0.25) is 10.2 Å². The van der Waals surface area contributed by atoms with Gasteiger partial charge in [0.05, 0.1) is 24.7 Å². The lowest BCUT2D eigenvalue weighted by molar-refractivity contribution is -0.108. The summed E-state index contributed by atoms with van der Waals surface area (Å²) in [6, 6.07) is 0. The van der Waals surface area contributed by atoms with Crippen molar-refractivity contribution in [1.82, 2.24) is 0 Å². The zero-order valence-corrected chi connectivity index (χ0v) is 23.1. The first-order valence-corrected chi connectivity index (χ1v) is 14.3. The number of thioether (sulfide) groups is 4. The molecular formula is C20H22Cl4O2S4. The number of benzene rings is 1.